The largest absolute Gasteiger partial charge is 0.326 e. The molecule has 1 aliphatic heterocycles. The first-order valence-corrected chi connectivity index (χ1v) is 6.12. The van der Waals surface area contributed by atoms with Crippen molar-refractivity contribution in [1.82, 2.24) is 5.32 Å². The number of benzene rings is 1. The lowest BCUT2D eigenvalue weighted by atomic mass is 9.94. The molecule has 1 unspecified atom stereocenters. The Hall–Kier alpha value is -1.63. The van der Waals surface area contributed by atoms with E-state index in [9.17, 15) is 22.4 Å². The maximum Gasteiger partial charge on any atom is 0.326 e. The molecule has 2 rings (SSSR count). The second-order valence-corrected chi connectivity index (χ2v) is 4.66. The van der Waals surface area contributed by atoms with Crippen molar-refractivity contribution in [3.05, 3.63) is 29.3 Å². The summed E-state index contributed by atoms with van der Waals surface area (Å²) in [4.78, 5) is 11.2. The molecule has 1 amide bonds. The fourth-order valence-electron chi connectivity index (χ4n) is 2.29. The molecule has 110 valence electrons. The van der Waals surface area contributed by atoms with Gasteiger partial charge in [0.1, 0.15) is 6.04 Å². The molecular formula is C13H14F4N2O. The Morgan fingerprint density at radius 1 is 1.30 bits per heavy atom. The number of nitrogens with one attached hydrogen (secondary N) is 2. The van der Waals surface area contributed by atoms with E-state index in [-0.39, 0.29) is 17.9 Å². The highest BCUT2D eigenvalue weighted by Crippen LogP contribution is 2.38. The second kappa shape index (κ2) is 5.40. The number of rotatable bonds is 4. The van der Waals surface area contributed by atoms with Gasteiger partial charge in [-0.05, 0) is 30.7 Å². The Labute approximate surface area is 113 Å². The van der Waals surface area contributed by atoms with Gasteiger partial charge in [0.05, 0.1) is 0 Å². The summed E-state index contributed by atoms with van der Waals surface area (Å²) in [6.45, 7) is 0. The third-order valence-electron chi connectivity index (χ3n) is 3.32. The molecule has 0 aliphatic carbocycles. The van der Waals surface area contributed by atoms with E-state index in [1.165, 1.54) is 25.2 Å². The van der Waals surface area contributed by atoms with Crippen LogP contribution in [0.1, 0.15) is 23.6 Å². The maximum absolute atomic E-state index is 13.5. The zero-order valence-corrected chi connectivity index (χ0v) is 10.7. The van der Waals surface area contributed by atoms with Gasteiger partial charge in [-0.2, -0.15) is 8.78 Å². The van der Waals surface area contributed by atoms with Gasteiger partial charge in [0.25, 0.3) is 0 Å². The van der Waals surface area contributed by atoms with Crippen molar-refractivity contribution in [2.24, 2.45) is 0 Å². The van der Waals surface area contributed by atoms with Gasteiger partial charge in [0.15, 0.2) is 0 Å². The number of halogens is 4. The van der Waals surface area contributed by atoms with Gasteiger partial charge in [-0.25, -0.2) is 8.78 Å². The Morgan fingerprint density at radius 3 is 2.60 bits per heavy atom. The summed E-state index contributed by atoms with van der Waals surface area (Å²) in [6.07, 6.45) is -3.09. The monoisotopic (exact) mass is 290 g/mol. The lowest BCUT2D eigenvalue weighted by Gasteiger charge is -2.27. The number of carbonyl (C=O) groups is 1. The summed E-state index contributed by atoms with van der Waals surface area (Å²) in [5.41, 5.74) is 1.29. The molecular weight excluding hydrogens is 276 g/mol. The van der Waals surface area contributed by atoms with Crippen LogP contribution in [0.25, 0.3) is 0 Å². The molecule has 0 saturated carbocycles. The van der Waals surface area contributed by atoms with Crippen molar-refractivity contribution in [2.45, 2.75) is 31.2 Å². The predicted octanol–water partition coefficient (Wildman–Crippen LogP) is 2.73. The highest BCUT2D eigenvalue weighted by atomic mass is 19.3. The normalized spacial score (nSPS) is 16.8. The van der Waals surface area contributed by atoms with Crippen molar-refractivity contribution in [3.8, 4) is 0 Å². The maximum atomic E-state index is 13.5. The number of aryl methyl sites for hydroxylation is 1. The van der Waals surface area contributed by atoms with Gasteiger partial charge in [-0.1, -0.05) is 12.1 Å². The molecule has 3 nitrogen and oxygen atoms in total. The Morgan fingerprint density at radius 2 is 2.00 bits per heavy atom. The van der Waals surface area contributed by atoms with E-state index >= 15 is 0 Å². The van der Waals surface area contributed by atoms with Crippen molar-refractivity contribution in [2.75, 3.05) is 12.4 Å². The quantitative estimate of drug-likeness (QED) is 0.837. The van der Waals surface area contributed by atoms with Crippen molar-refractivity contribution in [3.63, 3.8) is 0 Å². The predicted molar refractivity (Wildman–Crippen MR) is 66.1 cm³/mol. The van der Waals surface area contributed by atoms with E-state index in [0.29, 0.717) is 17.7 Å². The lowest BCUT2D eigenvalue weighted by molar-refractivity contribution is -0.150. The molecule has 0 spiro atoms. The minimum absolute atomic E-state index is 0.0766. The third-order valence-corrected chi connectivity index (χ3v) is 3.32. The van der Waals surface area contributed by atoms with E-state index < -0.39 is 18.4 Å². The molecule has 1 aromatic carbocycles. The van der Waals surface area contributed by atoms with Gasteiger partial charge in [-0.15, -0.1) is 0 Å². The number of alkyl halides is 4. The topological polar surface area (TPSA) is 41.1 Å². The zero-order valence-electron chi connectivity index (χ0n) is 10.7. The first-order valence-electron chi connectivity index (χ1n) is 6.12. The first kappa shape index (κ1) is 14.8. The van der Waals surface area contributed by atoms with Crippen LogP contribution in [-0.4, -0.2) is 25.3 Å². The molecule has 1 aliphatic rings. The van der Waals surface area contributed by atoms with Gasteiger partial charge < -0.3 is 10.6 Å². The van der Waals surface area contributed by atoms with E-state index in [0.717, 1.165) is 0 Å². The lowest BCUT2D eigenvalue weighted by Crippen LogP contribution is -2.41. The first-order chi connectivity index (χ1) is 9.36. The molecule has 0 radical (unpaired) electrons. The second-order valence-electron chi connectivity index (χ2n) is 4.66. The minimum Gasteiger partial charge on any atom is -0.326 e. The molecule has 1 aromatic rings. The van der Waals surface area contributed by atoms with E-state index in [4.69, 9.17) is 0 Å². The molecule has 1 heterocycles. The number of carbonyl (C=O) groups excluding carboxylic acids is 1. The number of hydrogen-bond donors (Lipinski definition) is 2. The van der Waals surface area contributed by atoms with Crippen LogP contribution in [0.15, 0.2) is 18.2 Å². The van der Waals surface area contributed by atoms with Crippen molar-refractivity contribution >= 4 is 11.6 Å². The smallest absolute Gasteiger partial charge is 0.326 e. The fraction of sp³-hybridized carbons (Fsp3) is 0.462. The summed E-state index contributed by atoms with van der Waals surface area (Å²) in [6, 6.07) is 2.45. The van der Waals surface area contributed by atoms with Crippen LogP contribution in [0, 0.1) is 0 Å². The summed E-state index contributed by atoms with van der Waals surface area (Å²) in [7, 11) is 1.21. The standard InChI is InChI=1S/C13H14F4N2O/c1-18-11(13(16,17)12(14)15)8-2-4-9-7(6-8)3-5-10(20)19-9/h2,4,6,11-12,18H,3,5H2,1H3,(H,19,20). The van der Waals surface area contributed by atoms with Crippen LogP contribution in [0.4, 0.5) is 23.2 Å². The summed E-state index contributed by atoms with van der Waals surface area (Å²) >= 11 is 0. The van der Waals surface area contributed by atoms with Gasteiger partial charge in [0.2, 0.25) is 5.91 Å². The molecule has 0 saturated heterocycles. The van der Waals surface area contributed by atoms with Crippen LogP contribution in [0.3, 0.4) is 0 Å². The van der Waals surface area contributed by atoms with Crippen molar-refractivity contribution < 1.29 is 22.4 Å². The zero-order chi connectivity index (χ0) is 14.9. The van der Waals surface area contributed by atoms with Crippen molar-refractivity contribution in [1.29, 1.82) is 0 Å². The molecule has 0 bridgehead atoms. The number of amides is 1. The molecule has 2 N–H and O–H groups in total. The third kappa shape index (κ3) is 2.63. The van der Waals surface area contributed by atoms with Gasteiger partial charge >= 0.3 is 12.3 Å². The van der Waals surface area contributed by atoms with E-state index in [1.807, 2.05) is 0 Å². The molecule has 0 aromatic heterocycles. The summed E-state index contributed by atoms with van der Waals surface area (Å²) < 4.78 is 52.0. The summed E-state index contributed by atoms with van der Waals surface area (Å²) in [5, 5.41) is 4.85. The van der Waals surface area contributed by atoms with Crippen LogP contribution in [-0.2, 0) is 11.2 Å². The fourth-order valence-corrected chi connectivity index (χ4v) is 2.29. The SMILES string of the molecule is CNC(c1ccc2c(c1)CCC(=O)N2)C(F)(F)C(F)F. The number of hydrogen-bond acceptors (Lipinski definition) is 2. The average Bonchev–Trinajstić information content (AvgIpc) is 2.39. The van der Waals surface area contributed by atoms with Gasteiger partial charge in [0, 0.05) is 12.1 Å². The molecule has 1 atom stereocenters. The minimum atomic E-state index is -4.17. The average molecular weight is 290 g/mol. The Bertz CT molecular complexity index is 519. The van der Waals surface area contributed by atoms with Gasteiger partial charge in [-0.3, -0.25) is 4.79 Å². The summed E-state index contributed by atoms with van der Waals surface area (Å²) in [5.74, 6) is -4.31. The molecule has 20 heavy (non-hydrogen) atoms. The number of fused-ring (bicyclic) bond motifs is 1. The Balaban J connectivity index is 2.35. The molecule has 0 fully saturated rings. The van der Waals surface area contributed by atoms with Crippen LogP contribution < -0.4 is 10.6 Å². The Kier molecular flexibility index (Phi) is 3.99. The highest BCUT2D eigenvalue weighted by Gasteiger charge is 2.48. The number of anilines is 1. The van der Waals surface area contributed by atoms with Crippen LogP contribution in [0.2, 0.25) is 0 Å². The van der Waals surface area contributed by atoms with E-state index in [2.05, 4.69) is 10.6 Å². The van der Waals surface area contributed by atoms with Crippen LogP contribution >= 0.6 is 0 Å². The van der Waals surface area contributed by atoms with Crippen LogP contribution in [0.5, 0.6) is 0 Å². The molecule has 7 heteroatoms. The van der Waals surface area contributed by atoms with E-state index in [1.54, 1.807) is 0 Å². The highest BCUT2D eigenvalue weighted by molar-refractivity contribution is 5.93.